The quantitative estimate of drug-likeness (QED) is 0.829. The molecule has 0 aliphatic heterocycles. The van der Waals surface area contributed by atoms with E-state index >= 15 is 0 Å². The summed E-state index contributed by atoms with van der Waals surface area (Å²) in [5.74, 6) is -0.160. The molecule has 17 heavy (non-hydrogen) atoms. The van der Waals surface area contributed by atoms with Crippen molar-refractivity contribution in [2.24, 2.45) is 5.73 Å². The van der Waals surface area contributed by atoms with E-state index in [2.05, 4.69) is 0 Å². The number of hydrogen-bond donors (Lipinski definition) is 2. The van der Waals surface area contributed by atoms with Gasteiger partial charge in [0.15, 0.2) is 11.6 Å². The molecule has 0 unspecified atom stereocenters. The first-order valence-corrected chi connectivity index (χ1v) is 5.87. The molecule has 1 fully saturated rings. The van der Waals surface area contributed by atoms with Crippen molar-refractivity contribution in [1.82, 2.24) is 0 Å². The first kappa shape index (κ1) is 12.3. The van der Waals surface area contributed by atoms with Crippen LogP contribution in [0.25, 0.3) is 0 Å². The van der Waals surface area contributed by atoms with Crippen LogP contribution in [0.3, 0.4) is 0 Å². The van der Waals surface area contributed by atoms with Gasteiger partial charge in [0, 0.05) is 11.1 Å². The van der Waals surface area contributed by atoms with Gasteiger partial charge >= 0.3 is 0 Å². The highest BCUT2D eigenvalue weighted by Crippen LogP contribution is 2.40. The van der Waals surface area contributed by atoms with Gasteiger partial charge in [-0.05, 0) is 31.7 Å². The minimum absolute atomic E-state index is 0.228. The molecule has 1 saturated carbocycles. The van der Waals surface area contributed by atoms with Gasteiger partial charge in [0.1, 0.15) is 0 Å². The monoisotopic (exact) mass is 239 g/mol. The van der Waals surface area contributed by atoms with E-state index in [1.165, 1.54) is 13.2 Å². The summed E-state index contributed by atoms with van der Waals surface area (Å²) >= 11 is 0. The fraction of sp³-hybridized carbons (Fsp3) is 0.538. The number of aliphatic hydroxyl groups excluding tert-OH is 1. The summed E-state index contributed by atoms with van der Waals surface area (Å²) in [4.78, 5) is 0. The van der Waals surface area contributed by atoms with E-state index < -0.39 is 5.54 Å². The van der Waals surface area contributed by atoms with Crippen molar-refractivity contribution < 1.29 is 14.2 Å². The number of aliphatic hydroxyl groups is 1. The Balaban J connectivity index is 2.36. The van der Waals surface area contributed by atoms with Crippen LogP contribution in [0.2, 0.25) is 0 Å². The van der Waals surface area contributed by atoms with E-state index in [4.69, 9.17) is 10.5 Å². The maximum absolute atomic E-state index is 13.6. The highest BCUT2D eigenvalue weighted by Gasteiger charge is 2.35. The Morgan fingerprint density at radius 2 is 2.06 bits per heavy atom. The third-order valence-corrected chi connectivity index (χ3v) is 3.55. The molecule has 0 radical (unpaired) electrons. The summed E-state index contributed by atoms with van der Waals surface area (Å²) < 4.78 is 18.7. The van der Waals surface area contributed by atoms with E-state index in [-0.39, 0.29) is 17.7 Å². The van der Waals surface area contributed by atoms with Crippen molar-refractivity contribution in [3.05, 3.63) is 29.6 Å². The summed E-state index contributed by atoms with van der Waals surface area (Å²) in [5.41, 5.74) is 6.44. The largest absolute Gasteiger partial charge is 0.493 e. The molecule has 0 amide bonds. The number of nitrogens with two attached hydrogens (primary N) is 1. The van der Waals surface area contributed by atoms with Gasteiger partial charge in [-0.15, -0.1) is 0 Å². The second kappa shape index (κ2) is 4.63. The van der Waals surface area contributed by atoms with Crippen LogP contribution in [0, 0.1) is 5.82 Å². The molecule has 1 aromatic carbocycles. The van der Waals surface area contributed by atoms with Crippen molar-refractivity contribution in [2.45, 2.75) is 37.3 Å². The van der Waals surface area contributed by atoms with E-state index in [1.807, 2.05) is 0 Å². The Hall–Kier alpha value is -1.13. The van der Waals surface area contributed by atoms with E-state index in [0.717, 1.165) is 0 Å². The topological polar surface area (TPSA) is 55.5 Å². The normalized spacial score (nSPS) is 29.1. The smallest absolute Gasteiger partial charge is 0.165 e. The predicted octanol–water partition coefficient (Wildman–Crippen LogP) is 1.92. The molecule has 3 nitrogen and oxygen atoms in total. The standard InChI is InChI=1S/C13H18FNO2/c1-17-12-10(3-2-4-11(12)14)13(15)7-5-9(16)6-8-13/h2-4,9,16H,5-8,15H2,1H3. The number of ether oxygens (including phenoxy) is 1. The van der Waals surface area contributed by atoms with Crippen molar-refractivity contribution >= 4 is 0 Å². The lowest BCUT2D eigenvalue weighted by molar-refractivity contribution is 0.0958. The van der Waals surface area contributed by atoms with E-state index in [9.17, 15) is 9.50 Å². The molecule has 0 bridgehead atoms. The molecule has 1 aliphatic carbocycles. The van der Waals surface area contributed by atoms with Gasteiger partial charge in [-0.2, -0.15) is 0 Å². The second-order valence-electron chi connectivity index (χ2n) is 4.71. The van der Waals surface area contributed by atoms with Gasteiger partial charge in [0.05, 0.1) is 13.2 Å². The number of halogens is 1. The molecule has 94 valence electrons. The minimum Gasteiger partial charge on any atom is -0.493 e. The van der Waals surface area contributed by atoms with Gasteiger partial charge in [-0.1, -0.05) is 12.1 Å². The number of methoxy groups -OCH3 is 1. The Kier molecular flexibility index (Phi) is 3.35. The predicted molar refractivity (Wildman–Crippen MR) is 63.3 cm³/mol. The van der Waals surface area contributed by atoms with Crippen molar-refractivity contribution in [2.75, 3.05) is 7.11 Å². The van der Waals surface area contributed by atoms with Gasteiger partial charge in [-0.3, -0.25) is 0 Å². The number of benzene rings is 1. The van der Waals surface area contributed by atoms with Gasteiger partial charge in [-0.25, -0.2) is 4.39 Å². The molecule has 2 rings (SSSR count). The Morgan fingerprint density at radius 1 is 1.41 bits per heavy atom. The van der Waals surface area contributed by atoms with E-state index in [0.29, 0.717) is 31.2 Å². The van der Waals surface area contributed by atoms with Gasteiger partial charge < -0.3 is 15.6 Å². The molecule has 3 N–H and O–H groups in total. The summed E-state index contributed by atoms with van der Waals surface area (Å²) in [5, 5.41) is 9.51. The van der Waals surface area contributed by atoms with Crippen LogP contribution in [0.4, 0.5) is 4.39 Å². The first-order chi connectivity index (χ1) is 8.07. The van der Waals surface area contributed by atoms with Crippen molar-refractivity contribution in [1.29, 1.82) is 0 Å². The molecule has 0 saturated heterocycles. The zero-order valence-corrected chi connectivity index (χ0v) is 9.95. The van der Waals surface area contributed by atoms with Gasteiger partial charge in [0.2, 0.25) is 0 Å². The highest BCUT2D eigenvalue weighted by molar-refractivity contribution is 5.40. The number of para-hydroxylation sites is 1. The third-order valence-electron chi connectivity index (χ3n) is 3.55. The molecule has 0 spiro atoms. The SMILES string of the molecule is COc1c(F)cccc1C1(N)CCC(O)CC1. The fourth-order valence-corrected chi connectivity index (χ4v) is 2.50. The molecular formula is C13H18FNO2. The molecular weight excluding hydrogens is 221 g/mol. The molecule has 0 heterocycles. The highest BCUT2D eigenvalue weighted by atomic mass is 19.1. The third kappa shape index (κ3) is 2.28. The zero-order chi connectivity index (χ0) is 12.5. The lowest BCUT2D eigenvalue weighted by Gasteiger charge is -2.36. The molecule has 0 atom stereocenters. The molecule has 4 heteroatoms. The van der Waals surface area contributed by atoms with Crippen molar-refractivity contribution in [3.8, 4) is 5.75 Å². The van der Waals surface area contributed by atoms with Crippen molar-refractivity contribution in [3.63, 3.8) is 0 Å². The second-order valence-corrected chi connectivity index (χ2v) is 4.71. The number of hydrogen-bond acceptors (Lipinski definition) is 3. The van der Waals surface area contributed by atoms with Crippen LogP contribution in [-0.4, -0.2) is 18.3 Å². The molecule has 1 aliphatic rings. The summed E-state index contributed by atoms with van der Waals surface area (Å²) in [6.45, 7) is 0. The lowest BCUT2D eigenvalue weighted by atomic mass is 9.76. The lowest BCUT2D eigenvalue weighted by Crippen LogP contribution is -2.42. The Bertz CT molecular complexity index is 400. The average molecular weight is 239 g/mol. The molecule has 0 aromatic heterocycles. The maximum atomic E-state index is 13.6. The van der Waals surface area contributed by atoms with Crippen LogP contribution in [0.5, 0.6) is 5.75 Å². The Labute approximate surface area is 100 Å². The Morgan fingerprint density at radius 3 is 2.65 bits per heavy atom. The van der Waals surface area contributed by atoms with Crippen LogP contribution in [0.15, 0.2) is 18.2 Å². The fourth-order valence-electron chi connectivity index (χ4n) is 2.50. The van der Waals surface area contributed by atoms with Crippen LogP contribution in [-0.2, 0) is 5.54 Å². The summed E-state index contributed by atoms with van der Waals surface area (Å²) in [7, 11) is 1.45. The zero-order valence-electron chi connectivity index (χ0n) is 9.95. The summed E-state index contributed by atoms with van der Waals surface area (Å²) in [6, 6.07) is 4.82. The first-order valence-electron chi connectivity index (χ1n) is 5.87. The average Bonchev–Trinajstić information content (AvgIpc) is 2.33. The maximum Gasteiger partial charge on any atom is 0.165 e. The van der Waals surface area contributed by atoms with Gasteiger partial charge in [0.25, 0.3) is 0 Å². The van der Waals surface area contributed by atoms with Crippen LogP contribution in [0.1, 0.15) is 31.2 Å². The van der Waals surface area contributed by atoms with Crippen LogP contribution >= 0.6 is 0 Å². The number of rotatable bonds is 2. The van der Waals surface area contributed by atoms with E-state index in [1.54, 1.807) is 12.1 Å². The summed E-state index contributed by atoms with van der Waals surface area (Å²) in [6.07, 6.45) is 2.31. The molecule has 1 aromatic rings. The minimum atomic E-state index is -0.591. The van der Waals surface area contributed by atoms with Crippen LogP contribution < -0.4 is 10.5 Å².